The molecule has 29 heavy (non-hydrogen) atoms. The Balaban J connectivity index is 1.87. The van der Waals surface area contributed by atoms with Crippen LogP contribution in [0.4, 0.5) is 0 Å². The normalized spacial score (nSPS) is 13.6. The summed E-state index contributed by atoms with van der Waals surface area (Å²) in [6, 6.07) is 13.1. The molecule has 0 aliphatic carbocycles. The lowest BCUT2D eigenvalue weighted by Gasteiger charge is -2.03. The minimum Gasteiger partial charge on any atom is -0.507 e. The number of nitrogens with zero attached hydrogens (tertiary/aromatic N) is 2. The molecule has 0 saturated heterocycles. The first kappa shape index (κ1) is 21.8. The Morgan fingerprint density at radius 3 is 1.48 bits per heavy atom. The van der Waals surface area contributed by atoms with Crippen LogP contribution >= 0.6 is 0 Å². The van der Waals surface area contributed by atoms with E-state index >= 15 is 0 Å². The fourth-order valence-corrected chi connectivity index (χ4v) is 2.60. The van der Waals surface area contributed by atoms with Crippen molar-refractivity contribution in [2.75, 3.05) is 13.1 Å². The van der Waals surface area contributed by atoms with Gasteiger partial charge in [-0.05, 0) is 44.5 Å². The average molecular weight is 394 g/mol. The third-order valence-electron chi connectivity index (χ3n) is 4.09. The van der Waals surface area contributed by atoms with Gasteiger partial charge in [-0.3, -0.25) is 9.98 Å². The van der Waals surface area contributed by atoms with E-state index in [1.54, 1.807) is 50.2 Å². The van der Waals surface area contributed by atoms with Gasteiger partial charge in [0.05, 0.1) is 11.1 Å². The second-order valence-electron chi connectivity index (χ2n) is 6.49. The molecule has 2 aromatic carbocycles. The second kappa shape index (κ2) is 10.7. The van der Waals surface area contributed by atoms with Gasteiger partial charge < -0.3 is 20.4 Å². The fraction of sp³-hybridized carbons (Fsp3) is 0.217. The number of benzene rings is 2. The van der Waals surface area contributed by atoms with Gasteiger partial charge in [0.25, 0.3) is 0 Å². The molecule has 0 atom stereocenters. The van der Waals surface area contributed by atoms with E-state index in [1.807, 2.05) is 0 Å². The molecule has 0 spiro atoms. The number of hydrogen-bond acceptors (Lipinski definition) is 6. The lowest BCUT2D eigenvalue weighted by atomic mass is 10.1. The summed E-state index contributed by atoms with van der Waals surface area (Å²) in [4.78, 5) is 8.74. The van der Waals surface area contributed by atoms with Gasteiger partial charge in [-0.1, -0.05) is 24.3 Å². The molecule has 0 aliphatic heterocycles. The van der Waals surface area contributed by atoms with E-state index in [-0.39, 0.29) is 23.0 Å². The number of phenols is 2. The molecule has 4 N–H and O–H groups in total. The number of allylic oxidation sites excluding steroid dienone is 2. The third kappa shape index (κ3) is 6.84. The van der Waals surface area contributed by atoms with Crippen LogP contribution in [0.15, 0.2) is 70.7 Å². The zero-order valence-electron chi connectivity index (χ0n) is 16.6. The van der Waals surface area contributed by atoms with E-state index in [0.29, 0.717) is 42.1 Å². The van der Waals surface area contributed by atoms with Crippen LogP contribution in [0.2, 0.25) is 0 Å². The largest absolute Gasteiger partial charge is 0.507 e. The molecule has 0 unspecified atom stereocenters. The molecule has 0 radical (unpaired) electrons. The highest BCUT2D eigenvalue weighted by molar-refractivity contribution is 5.99. The van der Waals surface area contributed by atoms with E-state index in [0.717, 1.165) is 0 Å². The summed E-state index contributed by atoms with van der Waals surface area (Å²) in [7, 11) is 0. The minimum absolute atomic E-state index is 0.0130. The molecule has 152 valence electrons. The number of aliphatic hydroxyl groups excluding tert-OH is 2. The van der Waals surface area contributed by atoms with Crippen molar-refractivity contribution in [3.8, 4) is 11.5 Å². The van der Waals surface area contributed by atoms with Gasteiger partial charge >= 0.3 is 0 Å². The lowest BCUT2D eigenvalue weighted by molar-refractivity contribution is 0.459. The summed E-state index contributed by atoms with van der Waals surface area (Å²) in [5.41, 5.74) is 2.00. The highest BCUT2D eigenvalue weighted by Gasteiger charge is 2.05. The Labute approximate surface area is 170 Å². The molecule has 0 bridgehead atoms. The van der Waals surface area contributed by atoms with E-state index in [9.17, 15) is 20.4 Å². The van der Waals surface area contributed by atoms with Gasteiger partial charge in [0.15, 0.2) is 0 Å². The maximum atomic E-state index is 10.1. The average Bonchev–Trinajstić information content (AvgIpc) is 2.68. The number of aromatic hydroxyl groups is 2. The van der Waals surface area contributed by atoms with Crippen LogP contribution in [0.1, 0.15) is 31.4 Å². The highest BCUT2D eigenvalue weighted by Crippen LogP contribution is 2.23. The third-order valence-corrected chi connectivity index (χ3v) is 4.09. The molecule has 0 heterocycles. The number of phenolic OH excluding ortho intramolecular Hbond substituents is 2. The van der Waals surface area contributed by atoms with Crippen LogP contribution in [0.25, 0.3) is 11.5 Å². The number of aliphatic hydroxyl groups is 2. The van der Waals surface area contributed by atoms with Crippen molar-refractivity contribution in [1.29, 1.82) is 0 Å². The predicted octanol–water partition coefficient (Wildman–Crippen LogP) is 4.91. The first-order valence-electron chi connectivity index (χ1n) is 9.28. The molecule has 0 fully saturated rings. The van der Waals surface area contributed by atoms with Gasteiger partial charge in [-0.15, -0.1) is 0 Å². The Morgan fingerprint density at radius 1 is 0.724 bits per heavy atom. The van der Waals surface area contributed by atoms with Crippen LogP contribution < -0.4 is 0 Å². The quantitative estimate of drug-likeness (QED) is 0.290. The topological polar surface area (TPSA) is 106 Å². The van der Waals surface area contributed by atoms with Gasteiger partial charge in [0.1, 0.15) is 23.0 Å². The lowest BCUT2D eigenvalue weighted by Crippen LogP contribution is -1.96. The number of aliphatic imine (C=N–C) groups is 2. The summed E-state index contributed by atoms with van der Waals surface area (Å²) in [6.45, 7) is 4.61. The smallest absolute Gasteiger partial charge is 0.128 e. The Morgan fingerprint density at radius 2 is 1.10 bits per heavy atom. The fourth-order valence-electron chi connectivity index (χ4n) is 2.60. The number of hydrogen-bond donors (Lipinski definition) is 4. The molecule has 2 aromatic rings. The van der Waals surface area contributed by atoms with Crippen LogP contribution in [0.3, 0.4) is 0 Å². The molecule has 0 saturated carbocycles. The van der Waals surface area contributed by atoms with E-state index in [1.165, 1.54) is 24.3 Å². The monoisotopic (exact) mass is 394 g/mol. The van der Waals surface area contributed by atoms with Crippen LogP contribution in [0.5, 0.6) is 11.5 Å². The molecule has 6 heteroatoms. The predicted molar refractivity (Wildman–Crippen MR) is 118 cm³/mol. The van der Waals surface area contributed by atoms with Crippen molar-refractivity contribution in [3.05, 3.63) is 71.8 Å². The number of para-hydroxylation sites is 2. The molecule has 2 rings (SSSR count). The molecule has 0 amide bonds. The number of rotatable bonds is 8. The van der Waals surface area contributed by atoms with E-state index < -0.39 is 0 Å². The maximum absolute atomic E-state index is 10.1. The van der Waals surface area contributed by atoms with Crippen LogP contribution in [-0.2, 0) is 0 Å². The van der Waals surface area contributed by atoms with Crippen molar-refractivity contribution >= 4 is 22.9 Å². The molecule has 0 aromatic heterocycles. The van der Waals surface area contributed by atoms with Crippen molar-refractivity contribution in [3.63, 3.8) is 0 Å². The first-order chi connectivity index (χ1) is 13.9. The Hall–Kier alpha value is -3.54. The van der Waals surface area contributed by atoms with Crippen molar-refractivity contribution in [2.24, 2.45) is 9.98 Å². The summed E-state index contributed by atoms with van der Waals surface area (Å²) in [5.74, 6) is -0.0519. The molecule has 6 nitrogen and oxygen atoms in total. The zero-order valence-corrected chi connectivity index (χ0v) is 16.6. The molecular formula is C23H26N2O4. The van der Waals surface area contributed by atoms with Crippen LogP contribution in [0, 0.1) is 0 Å². The summed E-state index contributed by atoms with van der Waals surface area (Å²) < 4.78 is 0. The van der Waals surface area contributed by atoms with Gasteiger partial charge in [0.2, 0.25) is 0 Å². The zero-order chi connectivity index (χ0) is 21.2. The summed E-state index contributed by atoms with van der Waals surface area (Å²) in [5, 5.41) is 39.7. The van der Waals surface area contributed by atoms with E-state index in [2.05, 4.69) is 9.98 Å². The summed E-state index contributed by atoms with van der Waals surface area (Å²) in [6.07, 6.45) is 3.72. The Kier molecular flexibility index (Phi) is 8.03. The summed E-state index contributed by atoms with van der Waals surface area (Å²) >= 11 is 0. The SMILES string of the molecule is CC(/C=C(\O)c1ccccc1O)=N\CCC/N=C(C)/C=C(\O)c1ccccc1O. The van der Waals surface area contributed by atoms with Crippen LogP contribution in [-0.4, -0.2) is 44.9 Å². The van der Waals surface area contributed by atoms with Gasteiger partial charge in [0, 0.05) is 36.7 Å². The Bertz CT molecular complexity index is 881. The van der Waals surface area contributed by atoms with Gasteiger partial charge in [-0.2, -0.15) is 0 Å². The van der Waals surface area contributed by atoms with E-state index in [4.69, 9.17) is 0 Å². The van der Waals surface area contributed by atoms with Crippen molar-refractivity contribution in [1.82, 2.24) is 0 Å². The molecular weight excluding hydrogens is 368 g/mol. The minimum atomic E-state index is -0.0389. The molecule has 0 aliphatic rings. The van der Waals surface area contributed by atoms with Gasteiger partial charge in [-0.25, -0.2) is 0 Å². The maximum Gasteiger partial charge on any atom is 0.128 e. The highest BCUT2D eigenvalue weighted by atomic mass is 16.3. The first-order valence-corrected chi connectivity index (χ1v) is 9.28. The van der Waals surface area contributed by atoms with Crippen molar-refractivity contribution in [2.45, 2.75) is 20.3 Å². The second-order valence-corrected chi connectivity index (χ2v) is 6.49. The van der Waals surface area contributed by atoms with Crippen molar-refractivity contribution < 1.29 is 20.4 Å². The standard InChI is InChI=1S/C23H26N2O4/c1-16(14-22(28)18-8-3-5-10-20(18)26)24-12-7-13-25-17(2)15-23(29)19-9-4-6-11-21(19)27/h3-6,8-11,14-15,26-29H,7,12-13H2,1-2H3/b22-14-,23-15-,24-16+,25-17+.